The van der Waals surface area contributed by atoms with Crippen LogP contribution in [0.5, 0.6) is 5.75 Å². The molecule has 0 aromatic heterocycles. The second-order valence-corrected chi connectivity index (χ2v) is 4.85. The Balaban J connectivity index is 1.97. The molecule has 21 heavy (non-hydrogen) atoms. The van der Waals surface area contributed by atoms with E-state index in [-0.39, 0.29) is 6.09 Å². The zero-order valence-corrected chi connectivity index (χ0v) is 12.6. The minimum Gasteiger partial charge on any atom is -0.410 e. The molecule has 0 bridgehead atoms. The highest BCUT2D eigenvalue weighted by Crippen LogP contribution is 2.16. The Hall–Kier alpha value is -2.29. The third-order valence-electron chi connectivity index (χ3n) is 3.40. The number of hydrogen-bond acceptors (Lipinski definition) is 2. The maximum Gasteiger partial charge on any atom is 0.415 e. The average molecular weight is 283 g/mol. The molecule has 0 heterocycles. The largest absolute Gasteiger partial charge is 0.415 e. The fourth-order valence-corrected chi connectivity index (χ4v) is 2.15. The molecule has 2 aromatic carbocycles. The monoisotopic (exact) mass is 283 g/mol. The number of carbonyl (C=O) groups excluding carboxylic acids is 1. The van der Waals surface area contributed by atoms with Gasteiger partial charge in [-0.15, -0.1) is 0 Å². The number of rotatable bonds is 5. The first kappa shape index (κ1) is 15.1. The van der Waals surface area contributed by atoms with Gasteiger partial charge in [0.2, 0.25) is 0 Å². The molecule has 0 spiro atoms. The topological polar surface area (TPSA) is 29.5 Å². The molecule has 0 N–H and O–H groups in total. The summed E-state index contributed by atoms with van der Waals surface area (Å²) in [5.74, 6) is 0.587. The lowest BCUT2D eigenvalue weighted by Gasteiger charge is -2.17. The van der Waals surface area contributed by atoms with E-state index in [0.717, 1.165) is 6.42 Å². The van der Waals surface area contributed by atoms with Crippen molar-refractivity contribution in [3.05, 3.63) is 65.7 Å². The Kier molecular flexibility index (Phi) is 5.38. The summed E-state index contributed by atoms with van der Waals surface area (Å²) in [6.07, 6.45) is 0.585. The molecule has 2 rings (SSSR count). The third kappa shape index (κ3) is 4.35. The number of nitrogens with zero attached hydrogens (tertiary/aromatic N) is 1. The van der Waals surface area contributed by atoms with E-state index in [1.807, 2.05) is 56.3 Å². The standard InChI is InChI=1S/C18H21NO2/c1-3-19(4-2)18(20)21-17-12-10-16(11-13-17)14-15-8-6-5-7-9-15/h5-13H,3-4,14H2,1-2H3. The second-order valence-electron chi connectivity index (χ2n) is 4.85. The minimum atomic E-state index is -0.296. The number of carbonyl (C=O) groups is 1. The van der Waals surface area contributed by atoms with Crippen LogP contribution in [0.2, 0.25) is 0 Å². The Morgan fingerprint density at radius 2 is 1.48 bits per heavy atom. The fraction of sp³-hybridized carbons (Fsp3) is 0.278. The van der Waals surface area contributed by atoms with Crippen LogP contribution >= 0.6 is 0 Å². The second kappa shape index (κ2) is 7.48. The van der Waals surface area contributed by atoms with Gasteiger partial charge in [0, 0.05) is 13.1 Å². The molecule has 0 radical (unpaired) electrons. The lowest BCUT2D eigenvalue weighted by Crippen LogP contribution is -2.33. The van der Waals surface area contributed by atoms with E-state index in [0.29, 0.717) is 18.8 Å². The van der Waals surface area contributed by atoms with Crippen molar-refractivity contribution in [2.75, 3.05) is 13.1 Å². The Morgan fingerprint density at radius 3 is 2.05 bits per heavy atom. The molecule has 0 fully saturated rings. The molecule has 3 heteroatoms. The van der Waals surface area contributed by atoms with E-state index < -0.39 is 0 Å². The van der Waals surface area contributed by atoms with Gasteiger partial charge in [0.25, 0.3) is 0 Å². The van der Waals surface area contributed by atoms with Gasteiger partial charge in [-0.05, 0) is 43.5 Å². The van der Waals surface area contributed by atoms with Crippen LogP contribution < -0.4 is 4.74 Å². The zero-order chi connectivity index (χ0) is 15.1. The van der Waals surface area contributed by atoms with Crippen molar-refractivity contribution >= 4 is 6.09 Å². The Morgan fingerprint density at radius 1 is 0.905 bits per heavy atom. The predicted octanol–water partition coefficient (Wildman–Crippen LogP) is 4.12. The summed E-state index contributed by atoms with van der Waals surface area (Å²) in [4.78, 5) is 13.5. The maximum atomic E-state index is 11.9. The summed E-state index contributed by atoms with van der Waals surface area (Å²) in [5, 5.41) is 0. The molecule has 3 nitrogen and oxygen atoms in total. The van der Waals surface area contributed by atoms with Crippen molar-refractivity contribution in [2.24, 2.45) is 0 Å². The lowest BCUT2D eigenvalue weighted by molar-refractivity contribution is 0.157. The van der Waals surface area contributed by atoms with Crippen LogP contribution in [0, 0.1) is 0 Å². The molecule has 0 aliphatic heterocycles. The summed E-state index contributed by atoms with van der Waals surface area (Å²) in [7, 11) is 0. The fourth-order valence-electron chi connectivity index (χ4n) is 2.15. The van der Waals surface area contributed by atoms with Gasteiger partial charge in [-0.25, -0.2) is 4.79 Å². The van der Waals surface area contributed by atoms with Crippen LogP contribution in [-0.4, -0.2) is 24.1 Å². The van der Waals surface area contributed by atoms with E-state index >= 15 is 0 Å². The summed E-state index contributed by atoms with van der Waals surface area (Å²) >= 11 is 0. The van der Waals surface area contributed by atoms with Crippen LogP contribution in [0.15, 0.2) is 54.6 Å². The Bertz CT molecular complexity index is 560. The molecular weight excluding hydrogens is 262 g/mol. The van der Waals surface area contributed by atoms with E-state index in [1.54, 1.807) is 4.90 Å². The molecule has 0 aliphatic carbocycles. The highest BCUT2D eigenvalue weighted by atomic mass is 16.6. The molecule has 1 amide bonds. The SMILES string of the molecule is CCN(CC)C(=O)Oc1ccc(Cc2ccccc2)cc1. The van der Waals surface area contributed by atoms with Gasteiger partial charge in [0.05, 0.1) is 0 Å². The highest BCUT2D eigenvalue weighted by molar-refractivity contribution is 5.70. The molecule has 0 aliphatic rings. The van der Waals surface area contributed by atoms with Gasteiger partial charge in [0.1, 0.15) is 5.75 Å². The summed E-state index contributed by atoms with van der Waals surface area (Å²) < 4.78 is 5.35. The van der Waals surface area contributed by atoms with Gasteiger partial charge < -0.3 is 9.64 Å². The average Bonchev–Trinajstić information content (AvgIpc) is 2.51. The van der Waals surface area contributed by atoms with Crippen molar-refractivity contribution in [3.63, 3.8) is 0 Å². The first-order chi connectivity index (χ1) is 10.2. The van der Waals surface area contributed by atoms with E-state index in [1.165, 1.54) is 11.1 Å². The Labute approximate surface area is 126 Å². The van der Waals surface area contributed by atoms with Crippen molar-refractivity contribution in [2.45, 2.75) is 20.3 Å². The smallest absolute Gasteiger partial charge is 0.410 e. The van der Waals surface area contributed by atoms with Crippen LogP contribution in [0.4, 0.5) is 4.79 Å². The van der Waals surface area contributed by atoms with E-state index in [2.05, 4.69) is 12.1 Å². The summed E-state index contributed by atoms with van der Waals surface area (Å²) in [5.41, 5.74) is 2.47. The molecule has 2 aromatic rings. The van der Waals surface area contributed by atoms with Crippen LogP contribution in [0.1, 0.15) is 25.0 Å². The van der Waals surface area contributed by atoms with Gasteiger partial charge >= 0.3 is 6.09 Å². The molecule has 0 saturated carbocycles. The van der Waals surface area contributed by atoms with Crippen molar-refractivity contribution in [3.8, 4) is 5.75 Å². The van der Waals surface area contributed by atoms with Gasteiger partial charge in [-0.1, -0.05) is 42.5 Å². The first-order valence-corrected chi connectivity index (χ1v) is 7.32. The van der Waals surface area contributed by atoms with E-state index in [9.17, 15) is 4.79 Å². The number of ether oxygens (including phenoxy) is 1. The van der Waals surface area contributed by atoms with Crippen LogP contribution in [0.25, 0.3) is 0 Å². The lowest BCUT2D eigenvalue weighted by atomic mass is 10.1. The normalized spacial score (nSPS) is 10.2. The number of hydrogen-bond donors (Lipinski definition) is 0. The van der Waals surface area contributed by atoms with Gasteiger partial charge in [-0.2, -0.15) is 0 Å². The number of benzene rings is 2. The number of amides is 1. The van der Waals surface area contributed by atoms with Crippen molar-refractivity contribution in [1.82, 2.24) is 4.90 Å². The van der Waals surface area contributed by atoms with Crippen molar-refractivity contribution < 1.29 is 9.53 Å². The first-order valence-electron chi connectivity index (χ1n) is 7.32. The third-order valence-corrected chi connectivity index (χ3v) is 3.40. The molecule has 0 atom stereocenters. The summed E-state index contributed by atoms with van der Waals surface area (Å²) in [6.45, 7) is 5.18. The molecule has 110 valence electrons. The van der Waals surface area contributed by atoms with Crippen LogP contribution in [0.3, 0.4) is 0 Å². The summed E-state index contributed by atoms with van der Waals surface area (Å²) in [6, 6.07) is 18.0. The zero-order valence-electron chi connectivity index (χ0n) is 12.6. The minimum absolute atomic E-state index is 0.296. The van der Waals surface area contributed by atoms with Gasteiger partial charge in [-0.3, -0.25) is 0 Å². The van der Waals surface area contributed by atoms with Crippen molar-refractivity contribution in [1.29, 1.82) is 0 Å². The van der Waals surface area contributed by atoms with Gasteiger partial charge in [0.15, 0.2) is 0 Å². The molecule has 0 saturated heterocycles. The quantitative estimate of drug-likeness (QED) is 0.826. The van der Waals surface area contributed by atoms with E-state index in [4.69, 9.17) is 4.74 Å². The molecular formula is C18H21NO2. The highest BCUT2D eigenvalue weighted by Gasteiger charge is 2.11. The predicted molar refractivity (Wildman–Crippen MR) is 84.6 cm³/mol. The molecule has 0 unspecified atom stereocenters. The maximum absolute atomic E-state index is 11.9. The van der Waals surface area contributed by atoms with Crippen LogP contribution in [-0.2, 0) is 6.42 Å².